The molecule has 0 aliphatic rings. The van der Waals surface area contributed by atoms with Crippen molar-refractivity contribution >= 4 is 44.9 Å². The molecule has 0 spiro atoms. The number of rotatable bonds is 7. The van der Waals surface area contributed by atoms with Crippen LogP contribution in [-0.2, 0) is 14.8 Å². The Labute approximate surface area is 211 Å². The Hall–Kier alpha value is -2.97. The molecule has 0 fully saturated rings. The van der Waals surface area contributed by atoms with E-state index >= 15 is 0 Å². The minimum atomic E-state index is -4.32. The average molecular weight is 541 g/mol. The zero-order valence-electron chi connectivity index (χ0n) is 18.8. The van der Waals surface area contributed by atoms with Gasteiger partial charge in [0.25, 0.3) is 10.0 Å². The SMILES string of the molecule is COC(C)(C)CNc1ncc(C#Cc2c(F)ccc(NS(=O)(=O)c3cc(Cl)ccc3Cl)c2F)cn1. The van der Waals surface area contributed by atoms with Crippen LogP contribution in [0.3, 0.4) is 0 Å². The topological polar surface area (TPSA) is 93.2 Å². The van der Waals surface area contributed by atoms with Crippen molar-refractivity contribution in [2.45, 2.75) is 24.3 Å². The van der Waals surface area contributed by atoms with Crippen LogP contribution < -0.4 is 10.0 Å². The Bertz CT molecular complexity index is 1410. The molecular formula is C23H20Cl2F2N4O3S. The zero-order valence-corrected chi connectivity index (χ0v) is 21.1. The standard InChI is InChI=1S/C23H20Cl2F2N4O3S/c1-23(2,34-3)13-30-22-28-11-14(12-29-22)4-6-16-18(26)8-9-19(21(16)27)31-35(32,33)20-10-15(24)5-7-17(20)25/h5,7-12,31H,13H2,1-3H3,(H,28,29,30). The number of methoxy groups -OCH3 is 1. The Morgan fingerprint density at radius 2 is 1.77 bits per heavy atom. The number of aromatic nitrogens is 2. The van der Waals surface area contributed by atoms with Gasteiger partial charge >= 0.3 is 0 Å². The van der Waals surface area contributed by atoms with Gasteiger partial charge in [-0.3, -0.25) is 4.72 Å². The lowest BCUT2D eigenvalue weighted by atomic mass is 10.1. The van der Waals surface area contributed by atoms with E-state index in [0.29, 0.717) is 12.5 Å². The van der Waals surface area contributed by atoms with Crippen molar-refractivity contribution < 1.29 is 21.9 Å². The van der Waals surface area contributed by atoms with Gasteiger partial charge in [0.2, 0.25) is 5.95 Å². The monoisotopic (exact) mass is 540 g/mol. The van der Waals surface area contributed by atoms with Crippen LogP contribution in [-0.4, -0.2) is 37.6 Å². The van der Waals surface area contributed by atoms with Crippen LogP contribution >= 0.6 is 23.2 Å². The van der Waals surface area contributed by atoms with E-state index in [1.807, 2.05) is 13.8 Å². The Balaban J connectivity index is 1.84. The molecule has 2 aromatic carbocycles. The van der Waals surface area contributed by atoms with Gasteiger partial charge < -0.3 is 10.1 Å². The largest absolute Gasteiger partial charge is 0.377 e. The molecule has 0 unspecified atom stereocenters. The van der Waals surface area contributed by atoms with Gasteiger partial charge in [-0.05, 0) is 44.2 Å². The van der Waals surface area contributed by atoms with Crippen LogP contribution in [0, 0.1) is 23.5 Å². The molecule has 0 aliphatic heterocycles. The highest BCUT2D eigenvalue weighted by molar-refractivity contribution is 7.92. The van der Waals surface area contributed by atoms with E-state index in [1.165, 1.54) is 24.5 Å². The second-order valence-corrected chi connectivity index (χ2v) is 10.3. The molecule has 184 valence electrons. The molecule has 35 heavy (non-hydrogen) atoms. The third-order valence-corrected chi connectivity index (χ3v) is 6.81. The maximum Gasteiger partial charge on any atom is 0.263 e. The first kappa shape index (κ1) is 26.6. The molecule has 12 heteroatoms. The van der Waals surface area contributed by atoms with Crippen molar-refractivity contribution in [2.24, 2.45) is 0 Å². The molecule has 0 atom stereocenters. The van der Waals surface area contributed by atoms with Crippen LogP contribution in [0.4, 0.5) is 20.4 Å². The molecular weight excluding hydrogens is 521 g/mol. The van der Waals surface area contributed by atoms with E-state index in [9.17, 15) is 17.2 Å². The molecule has 7 nitrogen and oxygen atoms in total. The molecule has 0 saturated heterocycles. The molecule has 0 amide bonds. The van der Waals surface area contributed by atoms with E-state index in [4.69, 9.17) is 27.9 Å². The normalized spacial score (nSPS) is 11.5. The van der Waals surface area contributed by atoms with E-state index < -0.39 is 38.5 Å². The number of hydrogen-bond acceptors (Lipinski definition) is 6. The summed E-state index contributed by atoms with van der Waals surface area (Å²) in [6, 6.07) is 5.64. The van der Waals surface area contributed by atoms with Gasteiger partial charge in [-0.2, -0.15) is 0 Å². The van der Waals surface area contributed by atoms with Crippen LogP contribution in [0.15, 0.2) is 47.6 Å². The lowest BCUT2D eigenvalue weighted by Crippen LogP contribution is -2.32. The van der Waals surface area contributed by atoms with Crippen LogP contribution in [0.25, 0.3) is 0 Å². The molecule has 0 aliphatic carbocycles. The maximum absolute atomic E-state index is 15.0. The third kappa shape index (κ3) is 6.80. The first-order valence-corrected chi connectivity index (χ1v) is 12.2. The number of hydrogen-bond donors (Lipinski definition) is 2. The molecule has 2 N–H and O–H groups in total. The summed E-state index contributed by atoms with van der Waals surface area (Å²) in [5.41, 5.74) is -1.28. The van der Waals surface area contributed by atoms with Crippen molar-refractivity contribution in [3.63, 3.8) is 0 Å². The van der Waals surface area contributed by atoms with Gasteiger partial charge in [0.05, 0.1) is 27.4 Å². The first-order valence-electron chi connectivity index (χ1n) is 10.0. The smallest absolute Gasteiger partial charge is 0.263 e. The Kier molecular flexibility index (Phi) is 8.18. The van der Waals surface area contributed by atoms with Crippen molar-refractivity contribution in [3.8, 4) is 11.8 Å². The van der Waals surface area contributed by atoms with Gasteiger partial charge in [-0.15, -0.1) is 0 Å². The zero-order chi connectivity index (χ0) is 25.8. The summed E-state index contributed by atoms with van der Waals surface area (Å²) >= 11 is 11.8. The molecule has 0 saturated carbocycles. The molecule has 3 aromatic rings. The third-order valence-electron chi connectivity index (χ3n) is 4.73. The van der Waals surface area contributed by atoms with E-state index in [2.05, 4.69) is 31.8 Å². The quantitative estimate of drug-likeness (QED) is 0.405. The fraction of sp³-hybridized carbons (Fsp3) is 0.217. The van der Waals surface area contributed by atoms with Crippen LogP contribution in [0.1, 0.15) is 25.0 Å². The summed E-state index contributed by atoms with van der Waals surface area (Å²) < 4.78 is 62.0. The Morgan fingerprint density at radius 1 is 1.09 bits per heavy atom. The summed E-state index contributed by atoms with van der Waals surface area (Å²) in [6.45, 7) is 4.23. The van der Waals surface area contributed by atoms with Gasteiger partial charge in [0.15, 0.2) is 5.82 Å². The van der Waals surface area contributed by atoms with Gasteiger partial charge in [0.1, 0.15) is 10.7 Å². The predicted molar refractivity (Wildman–Crippen MR) is 131 cm³/mol. The molecule has 1 aromatic heterocycles. The first-order chi connectivity index (χ1) is 16.4. The highest BCUT2D eigenvalue weighted by Gasteiger charge is 2.22. The maximum atomic E-state index is 15.0. The average Bonchev–Trinajstić information content (AvgIpc) is 2.81. The summed E-state index contributed by atoms with van der Waals surface area (Å²) in [5.74, 6) is 3.10. The highest BCUT2D eigenvalue weighted by Crippen LogP contribution is 2.29. The minimum Gasteiger partial charge on any atom is -0.377 e. The van der Waals surface area contributed by atoms with Crippen molar-refractivity contribution in [1.82, 2.24) is 9.97 Å². The second-order valence-electron chi connectivity index (χ2n) is 7.83. The molecule has 3 rings (SSSR count). The lowest BCUT2D eigenvalue weighted by Gasteiger charge is -2.22. The molecule has 1 heterocycles. The van der Waals surface area contributed by atoms with E-state index in [-0.39, 0.29) is 20.5 Å². The predicted octanol–water partition coefficient (Wildman–Crippen LogP) is 5.10. The van der Waals surface area contributed by atoms with Crippen LogP contribution in [0.2, 0.25) is 10.0 Å². The fourth-order valence-corrected chi connectivity index (χ4v) is 4.43. The molecule has 0 radical (unpaired) electrons. The number of halogens is 4. The number of nitrogens with zero attached hydrogens (tertiary/aromatic N) is 2. The summed E-state index contributed by atoms with van der Waals surface area (Å²) in [6.07, 6.45) is 2.76. The lowest BCUT2D eigenvalue weighted by molar-refractivity contribution is 0.0342. The van der Waals surface area contributed by atoms with Gasteiger partial charge in [-0.25, -0.2) is 27.2 Å². The van der Waals surface area contributed by atoms with Gasteiger partial charge in [-0.1, -0.05) is 35.0 Å². The summed E-state index contributed by atoms with van der Waals surface area (Å²) in [7, 11) is -2.73. The van der Waals surface area contributed by atoms with Crippen molar-refractivity contribution in [2.75, 3.05) is 23.7 Å². The molecule has 0 bridgehead atoms. The fourth-order valence-electron chi connectivity index (χ4n) is 2.61. The van der Waals surface area contributed by atoms with Crippen molar-refractivity contribution in [1.29, 1.82) is 0 Å². The van der Waals surface area contributed by atoms with E-state index in [0.717, 1.165) is 18.2 Å². The highest BCUT2D eigenvalue weighted by atomic mass is 35.5. The summed E-state index contributed by atoms with van der Waals surface area (Å²) in [4.78, 5) is 7.85. The number of benzene rings is 2. The van der Waals surface area contributed by atoms with Gasteiger partial charge in [0, 0.05) is 31.1 Å². The number of ether oxygens (including phenoxy) is 1. The van der Waals surface area contributed by atoms with Crippen LogP contribution in [0.5, 0.6) is 0 Å². The number of nitrogens with one attached hydrogen (secondary N) is 2. The number of anilines is 2. The second kappa shape index (κ2) is 10.7. The summed E-state index contributed by atoms with van der Waals surface area (Å²) in [5, 5.41) is 3.01. The van der Waals surface area contributed by atoms with E-state index in [1.54, 1.807) is 7.11 Å². The van der Waals surface area contributed by atoms with Crippen molar-refractivity contribution in [3.05, 3.63) is 75.5 Å². The minimum absolute atomic E-state index is 0.117. The number of sulfonamides is 1. The Morgan fingerprint density at radius 3 is 2.43 bits per heavy atom.